The minimum Gasteiger partial charge on any atom is -0.489 e. The zero-order chi connectivity index (χ0) is 25.2. The standard InChI is InChI=1S/C24H25N3O7S/c1-16-14-17(20-4-2-3-5-21(20)25-16)15-34-18-6-8-19(9-7-18)35(32,33)26-24(22(28)29)10-12-27(13-11-24)23(30)31/h2-9,14,26H,10-13,15H2,1H3,(H,28,29)(H,30,31). The van der Waals surface area contributed by atoms with Gasteiger partial charge in [0.05, 0.1) is 10.4 Å². The average Bonchev–Trinajstić information content (AvgIpc) is 2.82. The predicted octanol–water partition coefficient (Wildman–Crippen LogP) is 3.00. The molecule has 35 heavy (non-hydrogen) atoms. The second-order valence-electron chi connectivity index (χ2n) is 8.46. The topological polar surface area (TPSA) is 146 Å². The lowest BCUT2D eigenvalue weighted by atomic mass is 9.89. The molecule has 0 aliphatic carbocycles. The molecule has 2 aromatic carbocycles. The number of pyridine rings is 1. The molecule has 3 aromatic rings. The fourth-order valence-electron chi connectivity index (χ4n) is 4.15. The molecule has 4 rings (SSSR count). The number of piperidine rings is 1. The number of aryl methyl sites for hydroxylation is 1. The summed E-state index contributed by atoms with van der Waals surface area (Å²) < 4.78 is 34.1. The summed E-state index contributed by atoms with van der Waals surface area (Å²) in [4.78, 5) is 28.5. The summed E-state index contributed by atoms with van der Waals surface area (Å²) in [6.45, 7) is 1.99. The molecule has 1 aliphatic heterocycles. The quantitative estimate of drug-likeness (QED) is 0.450. The van der Waals surface area contributed by atoms with E-state index in [1.807, 2.05) is 37.3 Å². The molecular formula is C24H25N3O7S. The molecule has 1 amide bonds. The summed E-state index contributed by atoms with van der Waals surface area (Å²) >= 11 is 0. The Morgan fingerprint density at radius 1 is 1.09 bits per heavy atom. The number of amides is 1. The van der Waals surface area contributed by atoms with Gasteiger partial charge in [-0.1, -0.05) is 18.2 Å². The van der Waals surface area contributed by atoms with E-state index in [1.165, 1.54) is 24.3 Å². The molecule has 0 atom stereocenters. The summed E-state index contributed by atoms with van der Waals surface area (Å²) in [5.41, 5.74) is 0.888. The van der Waals surface area contributed by atoms with Crippen molar-refractivity contribution in [2.75, 3.05) is 13.1 Å². The first-order valence-electron chi connectivity index (χ1n) is 10.9. The first-order valence-corrected chi connectivity index (χ1v) is 12.4. The van der Waals surface area contributed by atoms with Gasteiger partial charge < -0.3 is 19.8 Å². The average molecular weight is 500 g/mol. The molecule has 0 bridgehead atoms. The van der Waals surface area contributed by atoms with Crippen LogP contribution in [0.15, 0.2) is 59.5 Å². The van der Waals surface area contributed by atoms with Crippen LogP contribution in [0, 0.1) is 6.92 Å². The van der Waals surface area contributed by atoms with E-state index in [4.69, 9.17) is 9.84 Å². The number of para-hydroxylation sites is 1. The van der Waals surface area contributed by atoms with Gasteiger partial charge in [0.2, 0.25) is 10.0 Å². The molecule has 1 saturated heterocycles. The Kier molecular flexibility index (Phi) is 6.64. The van der Waals surface area contributed by atoms with Gasteiger partial charge in [-0.15, -0.1) is 0 Å². The van der Waals surface area contributed by atoms with E-state index >= 15 is 0 Å². The Balaban J connectivity index is 1.47. The third-order valence-electron chi connectivity index (χ3n) is 6.08. The maximum Gasteiger partial charge on any atom is 0.407 e. The van der Waals surface area contributed by atoms with Crippen LogP contribution in [0.5, 0.6) is 5.75 Å². The number of benzene rings is 2. The van der Waals surface area contributed by atoms with Crippen molar-refractivity contribution in [3.05, 3.63) is 65.9 Å². The maximum absolute atomic E-state index is 12.9. The molecule has 0 saturated carbocycles. The fourth-order valence-corrected chi connectivity index (χ4v) is 5.56. The van der Waals surface area contributed by atoms with Gasteiger partial charge in [-0.25, -0.2) is 13.2 Å². The Labute approximate surface area is 202 Å². The largest absolute Gasteiger partial charge is 0.489 e. The molecule has 2 heterocycles. The molecule has 0 radical (unpaired) electrons. The summed E-state index contributed by atoms with van der Waals surface area (Å²) in [6.07, 6.45) is -1.51. The van der Waals surface area contributed by atoms with E-state index in [1.54, 1.807) is 0 Å². The van der Waals surface area contributed by atoms with Crippen molar-refractivity contribution in [1.82, 2.24) is 14.6 Å². The van der Waals surface area contributed by atoms with Crippen LogP contribution in [0.25, 0.3) is 10.9 Å². The van der Waals surface area contributed by atoms with Gasteiger partial charge in [0.25, 0.3) is 0 Å². The van der Waals surface area contributed by atoms with E-state index in [2.05, 4.69) is 9.71 Å². The van der Waals surface area contributed by atoms with Crippen LogP contribution in [0.1, 0.15) is 24.1 Å². The number of carboxylic acids is 1. The number of likely N-dealkylation sites (tertiary alicyclic amines) is 1. The number of nitrogens with zero attached hydrogens (tertiary/aromatic N) is 2. The third kappa shape index (κ3) is 5.20. The van der Waals surface area contributed by atoms with Crippen LogP contribution in [-0.4, -0.2) is 59.2 Å². The van der Waals surface area contributed by atoms with Crippen molar-refractivity contribution in [2.24, 2.45) is 0 Å². The van der Waals surface area contributed by atoms with Gasteiger partial charge in [0.15, 0.2) is 0 Å². The van der Waals surface area contributed by atoms with E-state index in [-0.39, 0.29) is 37.4 Å². The SMILES string of the molecule is Cc1cc(COc2ccc(S(=O)(=O)NC3(C(=O)O)CCN(C(=O)O)CC3)cc2)c2ccccc2n1. The number of carboxylic acid groups (broad SMARTS) is 2. The van der Waals surface area contributed by atoms with Gasteiger partial charge in [-0.2, -0.15) is 4.72 Å². The van der Waals surface area contributed by atoms with E-state index in [0.29, 0.717) is 5.75 Å². The molecule has 10 nitrogen and oxygen atoms in total. The van der Waals surface area contributed by atoms with Gasteiger partial charge in [-0.05, 0) is 56.2 Å². The zero-order valence-corrected chi connectivity index (χ0v) is 19.8. The minimum atomic E-state index is -4.18. The van der Waals surface area contributed by atoms with Crippen LogP contribution < -0.4 is 9.46 Å². The Morgan fingerprint density at radius 3 is 2.37 bits per heavy atom. The number of ether oxygens (including phenoxy) is 1. The number of carbonyl (C=O) groups is 2. The molecule has 1 aromatic heterocycles. The number of nitrogens with one attached hydrogen (secondary N) is 1. The lowest BCUT2D eigenvalue weighted by molar-refractivity contribution is -0.146. The van der Waals surface area contributed by atoms with Gasteiger partial charge in [-0.3, -0.25) is 9.78 Å². The second-order valence-corrected chi connectivity index (χ2v) is 10.1. The molecule has 0 unspecified atom stereocenters. The molecule has 184 valence electrons. The Bertz CT molecular complexity index is 1370. The summed E-state index contributed by atoms with van der Waals surface area (Å²) in [7, 11) is -4.18. The molecular weight excluding hydrogens is 474 g/mol. The van der Waals surface area contributed by atoms with Crippen LogP contribution in [0.3, 0.4) is 0 Å². The lowest BCUT2D eigenvalue weighted by Crippen LogP contribution is -2.60. The second kappa shape index (κ2) is 9.51. The smallest absolute Gasteiger partial charge is 0.407 e. The highest BCUT2D eigenvalue weighted by Crippen LogP contribution is 2.27. The van der Waals surface area contributed by atoms with E-state index in [9.17, 15) is 23.1 Å². The molecule has 3 N–H and O–H groups in total. The molecule has 1 fully saturated rings. The highest BCUT2D eigenvalue weighted by atomic mass is 32.2. The van der Waals surface area contributed by atoms with Crippen molar-refractivity contribution in [2.45, 2.75) is 36.8 Å². The van der Waals surface area contributed by atoms with E-state index in [0.717, 1.165) is 27.1 Å². The third-order valence-corrected chi connectivity index (χ3v) is 7.64. The summed E-state index contributed by atoms with van der Waals surface area (Å²) in [6, 6.07) is 15.4. The Hall–Kier alpha value is -3.70. The van der Waals surface area contributed by atoms with Crippen molar-refractivity contribution in [3.63, 3.8) is 0 Å². The summed E-state index contributed by atoms with van der Waals surface area (Å²) in [5.74, 6) is -0.892. The van der Waals surface area contributed by atoms with Crippen LogP contribution in [0.2, 0.25) is 0 Å². The first-order chi connectivity index (χ1) is 16.6. The van der Waals surface area contributed by atoms with E-state index < -0.39 is 27.6 Å². The van der Waals surface area contributed by atoms with Crippen molar-refractivity contribution in [3.8, 4) is 5.75 Å². The minimum absolute atomic E-state index is 0.0832. The lowest BCUT2D eigenvalue weighted by Gasteiger charge is -2.37. The zero-order valence-electron chi connectivity index (χ0n) is 19.0. The van der Waals surface area contributed by atoms with Gasteiger partial charge in [0, 0.05) is 29.7 Å². The molecule has 0 spiro atoms. The van der Waals surface area contributed by atoms with Crippen LogP contribution >= 0.6 is 0 Å². The number of sulfonamides is 1. The molecule has 1 aliphatic rings. The number of fused-ring (bicyclic) bond motifs is 1. The van der Waals surface area contributed by atoms with Gasteiger partial charge >= 0.3 is 12.1 Å². The summed E-state index contributed by atoms with van der Waals surface area (Å²) in [5, 5.41) is 19.8. The first kappa shape index (κ1) is 24.4. The number of hydrogen-bond donors (Lipinski definition) is 3. The predicted molar refractivity (Wildman–Crippen MR) is 127 cm³/mol. The number of aliphatic carboxylic acids is 1. The highest BCUT2D eigenvalue weighted by Gasteiger charge is 2.45. The maximum atomic E-state index is 12.9. The highest BCUT2D eigenvalue weighted by molar-refractivity contribution is 7.89. The fraction of sp³-hybridized carbons (Fsp3) is 0.292. The van der Waals surface area contributed by atoms with Crippen LogP contribution in [-0.2, 0) is 21.4 Å². The normalized spacial score (nSPS) is 15.6. The Morgan fingerprint density at radius 2 is 1.74 bits per heavy atom. The van der Waals surface area contributed by atoms with Crippen LogP contribution in [0.4, 0.5) is 4.79 Å². The van der Waals surface area contributed by atoms with Crippen molar-refractivity contribution >= 4 is 33.0 Å². The van der Waals surface area contributed by atoms with Crippen molar-refractivity contribution in [1.29, 1.82) is 0 Å². The number of rotatable bonds is 7. The van der Waals surface area contributed by atoms with Gasteiger partial charge in [0.1, 0.15) is 17.9 Å². The number of hydrogen-bond acceptors (Lipinski definition) is 6. The molecule has 11 heteroatoms. The number of aromatic nitrogens is 1. The monoisotopic (exact) mass is 499 g/mol. The van der Waals surface area contributed by atoms with Crippen molar-refractivity contribution < 1.29 is 33.0 Å².